The van der Waals surface area contributed by atoms with Gasteiger partial charge in [-0.2, -0.15) is 13.2 Å². The Morgan fingerprint density at radius 2 is 1.96 bits per heavy atom. The number of hydrogen-bond acceptors (Lipinski definition) is 2. The van der Waals surface area contributed by atoms with Gasteiger partial charge in [-0.1, -0.05) is 12.1 Å². The van der Waals surface area contributed by atoms with Gasteiger partial charge in [0.05, 0.1) is 11.2 Å². The number of aliphatic imine (C=N–C) groups is 1. The lowest BCUT2D eigenvalue weighted by molar-refractivity contribution is -0.137. The highest BCUT2D eigenvalue weighted by atomic mass is 19.4. The second-order valence-corrected chi connectivity index (χ2v) is 5.88. The van der Waals surface area contributed by atoms with Gasteiger partial charge in [0.2, 0.25) is 0 Å². The van der Waals surface area contributed by atoms with Crippen LogP contribution in [-0.2, 0) is 17.5 Å². The molecule has 0 bridgehead atoms. The van der Waals surface area contributed by atoms with Gasteiger partial charge in [0.1, 0.15) is 0 Å². The van der Waals surface area contributed by atoms with Crippen molar-refractivity contribution in [1.82, 2.24) is 10.6 Å². The number of guanidine groups is 1. The molecule has 7 heteroatoms. The lowest BCUT2D eigenvalue weighted by atomic mass is 10.0. The first kappa shape index (κ1) is 17.6. The quantitative estimate of drug-likeness (QED) is 0.659. The van der Waals surface area contributed by atoms with E-state index in [9.17, 15) is 13.2 Å². The number of alkyl halides is 3. The molecule has 0 aliphatic carbocycles. The Balaban J connectivity index is 1.83. The van der Waals surface area contributed by atoms with Crippen LogP contribution in [-0.4, -0.2) is 31.8 Å². The minimum Gasteiger partial charge on any atom is -0.373 e. The molecule has 1 unspecified atom stereocenters. The summed E-state index contributed by atoms with van der Waals surface area (Å²) in [5.74, 6) is 0.599. The van der Waals surface area contributed by atoms with Crippen LogP contribution in [0, 0.1) is 0 Å². The van der Waals surface area contributed by atoms with Crippen LogP contribution in [0.3, 0.4) is 0 Å². The molecule has 1 aliphatic heterocycles. The van der Waals surface area contributed by atoms with Crippen LogP contribution in [0.5, 0.6) is 0 Å². The first-order valence-electron chi connectivity index (χ1n) is 7.57. The Labute approximate surface area is 134 Å². The summed E-state index contributed by atoms with van der Waals surface area (Å²) >= 11 is 0. The minimum atomic E-state index is -4.31. The lowest BCUT2D eigenvalue weighted by Crippen LogP contribution is -2.45. The zero-order valence-corrected chi connectivity index (χ0v) is 13.3. The molecule has 4 nitrogen and oxygen atoms in total. The molecular formula is C16H22F3N3O. The highest BCUT2D eigenvalue weighted by Crippen LogP contribution is 2.29. The van der Waals surface area contributed by atoms with Gasteiger partial charge in [0, 0.05) is 26.7 Å². The van der Waals surface area contributed by atoms with E-state index >= 15 is 0 Å². The fourth-order valence-corrected chi connectivity index (χ4v) is 2.46. The molecule has 1 fully saturated rings. The van der Waals surface area contributed by atoms with Gasteiger partial charge in [-0.15, -0.1) is 0 Å². The smallest absolute Gasteiger partial charge is 0.373 e. The predicted molar refractivity (Wildman–Crippen MR) is 83.2 cm³/mol. The molecule has 0 radical (unpaired) electrons. The second kappa shape index (κ2) is 7.21. The molecule has 1 aliphatic rings. The Kier molecular flexibility index (Phi) is 5.51. The Hall–Kier alpha value is -1.76. The van der Waals surface area contributed by atoms with E-state index in [1.165, 1.54) is 12.1 Å². The number of hydrogen-bond donors (Lipinski definition) is 2. The number of nitrogens with zero attached hydrogens (tertiary/aromatic N) is 1. The SMILES string of the molecule is CN=C(NCc1ccc(C(F)(F)F)cc1)NCC1(C)CCCO1. The predicted octanol–water partition coefficient (Wildman–Crippen LogP) is 2.94. The average molecular weight is 329 g/mol. The molecule has 1 aromatic carbocycles. The molecular weight excluding hydrogens is 307 g/mol. The monoisotopic (exact) mass is 329 g/mol. The van der Waals surface area contributed by atoms with Crippen LogP contribution in [0.4, 0.5) is 13.2 Å². The number of halogens is 3. The average Bonchev–Trinajstić information content (AvgIpc) is 2.94. The zero-order chi connectivity index (χ0) is 16.9. The number of benzene rings is 1. The van der Waals surface area contributed by atoms with Crippen LogP contribution in [0.2, 0.25) is 0 Å². The third kappa shape index (κ3) is 5.13. The minimum absolute atomic E-state index is 0.189. The number of rotatable bonds is 4. The van der Waals surface area contributed by atoms with Crippen molar-refractivity contribution in [3.05, 3.63) is 35.4 Å². The third-order valence-electron chi connectivity index (χ3n) is 3.90. The van der Waals surface area contributed by atoms with Crippen LogP contribution < -0.4 is 10.6 Å². The van der Waals surface area contributed by atoms with E-state index in [2.05, 4.69) is 22.5 Å². The fourth-order valence-electron chi connectivity index (χ4n) is 2.46. The number of nitrogens with one attached hydrogen (secondary N) is 2. The summed E-state index contributed by atoms with van der Waals surface area (Å²) in [6, 6.07) is 5.09. The van der Waals surface area contributed by atoms with E-state index in [0.717, 1.165) is 37.1 Å². The lowest BCUT2D eigenvalue weighted by Gasteiger charge is -2.24. The normalized spacial score (nSPS) is 22.2. The maximum absolute atomic E-state index is 12.5. The van der Waals surface area contributed by atoms with Gasteiger partial charge in [-0.05, 0) is 37.5 Å². The second-order valence-electron chi connectivity index (χ2n) is 5.88. The third-order valence-corrected chi connectivity index (χ3v) is 3.90. The van der Waals surface area contributed by atoms with Crippen molar-refractivity contribution in [3.8, 4) is 0 Å². The first-order valence-corrected chi connectivity index (χ1v) is 7.57. The summed E-state index contributed by atoms with van der Waals surface area (Å²) in [6.07, 6.45) is -2.26. The van der Waals surface area contributed by atoms with Gasteiger partial charge in [0.15, 0.2) is 5.96 Å². The Morgan fingerprint density at radius 1 is 1.26 bits per heavy atom. The fraction of sp³-hybridized carbons (Fsp3) is 0.562. The largest absolute Gasteiger partial charge is 0.416 e. The van der Waals surface area contributed by atoms with Crippen LogP contribution in [0.1, 0.15) is 30.9 Å². The van der Waals surface area contributed by atoms with Crippen molar-refractivity contribution in [1.29, 1.82) is 0 Å². The van der Waals surface area contributed by atoms with Crippen LogP contribution in [0.25, 0.3) is 0 Å². The highest BCUT2D eigenvalue weighted by Gasteiger charge is 2.30. The topological polar surface area (TPSA) is 45.7 Å². The molecule has 0 amide bonds. The summed E-state index contributed by atoms with van der Waals surface area (Å²) in [6.45, 7) is 3.86. The Bertz CT molecular complexity index is 534. The van der Waals surface area contributed by atoms with Gasteiger partial charge < -0.3 is 15.4 Å². The summed E-state index contributed by atoms with van der Waals surface area (Å²) in [5, 5.41) is 6.28. The maximum Gasteiger partial charge on any atom is 0.416 e. The maximum atomic E-state index is 12.5. The molecule has 0 saturated carbocycles. The highest BCUT2D eigenvalue weighted by molar-refractivity contribution is 5.79. The molecule has 0 aromatic heterocycles. The van der Waals surface area contributed by atoms with Crippen molar-refractivity contribution in [2.75, 3.05) is 20.2 Å². The van der Waals surface area contributed by atoms with Gasteiger partial charge in [0.25, 0.3) is 0 Å². The molecule has 1 atom stereocenters. The van der Waals surface area contributed by atoms with Gasteiger partial charge in [-0.25, -0.2) is 0 Å². The molecule has 2 rings (SSSR count). The van der Waals surface area contributed by atoms with Crippen molar-refractivity contribution in [3.63, 3.8) is 0 Å². The summed E-state index contributed by atoms with van der Waals surface area (Å²) < 4.78 is 43.2. The number of ether oxygens (including phenoxy) is 1. The van der Waals surface area contributed by atoms with E-state index < -0.39 is 11.7 Å². The molecule has 128 valence electrons. The van der Waals surface area contributed by atoms with E-state index in [1.807, 2.05) is 0 Å². The molecule has 23 heavy (non-hydrogen) atoms. The molecule has 1 saturated heterocycles. The van der Waals surface area contributed by atoms with E-state index in [0.29, 0.717) is 19.0 Å². The Morgan fingerprint density at radius 3 is 2.48 bits per heavy atom. The van der Waals surface area contributed by atoms with E-state index in [1.54, 1.807) is 7.05 Å². The van der Waals surface area contributed by atoms with Gasteiger partial charge in [-0.3, -0.25) is 4.99 Å². The molecule has 1 aromatic rings. The van der Waals surface area contributed by atoms with Crippen molar-refractivity contribution in [2.24, 2.45) is 4.99 Å². The van der Waals surface area contributed by atoms with Crippen LogP contribution in [0.15, 0.2) is 29.3 Å². The summed E-state index contributed by atoms with van der Waals surface area (Å²) in [4.78, 5) is 4.11. The zero-order valence-electron chi connectivity index (χ0n) is 13.3. The van der Waals surface area contributed by atoms with E-state index in [-0.39, 0.29) is 5.60 Å². The van der Waals surface area contributed by atoms with Crippen molar-refractivity contribution in [2.45, 2.75) is 38.1 Å². The summed E-state index contributed by atoms with van der Waals surface area (Å²) in [5.41, 5.74) is -0.0780. The van der Waals surface area contributed by atoms with E-state index in [4.69, 9.17) is 4.74 Å². The van der Waals surface area contributed by atoms with Crippen LogP contribution >= 0.6 is 0 Å². The molecule has 0 spiro atoms. The molecule has 2 N–H and O–H groups in total. The summed E-state index contributed by atoms with van der Waals surface area (Å²) in [7, 11) is 1.65. The van der Waals surface area contributed by atoms with Crippen molar-refractivity contribution < 1.29 is 17.9 Å². The standard InChI is InChI=1S/C16H22F3N3O/c1-15(8-3-9-23-15)11-22-14(20-2)21-10-12-4-6-13(7-5-12)16(17,18)19/h4-7H,3,8-11H2,1-2H3,(H2,20,21,22). The van der Waals surface area contributed by atoms with Crippen molar-refractivity contribution >= 4 is 5.96 Å². The first-order chi connectivity index (χ1) is 10.8. The molecule has 1 heterocycles. The van der Waals surface area contributed by atoms with Gasteiger partial charge >= 0.3 is 6.18 Å².